The highest BCUT2D eigenvalue weighted by Crippen LogP contribution is 2.14. The zero-order chi connectivity index (χ0) is 14.0. The molecular weight excluding hydrogens is 247 g/mol. The van der Waals surface area contributed by atoms with Crippen LogP contribution in [-0.4, -0.2) is 22.6 Å². The summed E-state index contributed by atoms with van der Waals surface area (Å²) in [4.78, 5) is 15.5. The van der Waals surface area contributed by atoms with Gasteiger partial charge in [0.15, 0.2) is 0 Å². The molecule has 2 rings (SSSR count). The monoisotopic (exact) mass is 262 g/mol. The van der Waals surface area contributed by atoms with E-state index in [2.05, 4.69) is 9.72 Å². The summed E-state index contributed by atoms with van der Waals surface area (Å²) in [7, 11) is 1.23. The smallest absolute Gasteiger partial charge is 0.340 e. The van der Waals surface area contributed by atoms with Gasteiger partial charge in [0.2, 0.25) is 0 Å². The van der Waals surface area contributed by atoms with Crippen molar-refractivity contribution in [2.24, 2.45) is 0 Å². The Kier molecular flexibility index (Phi) is 3.64. The van der Waals surface area contributed by atoms with Gasteiger partial charge >= 0.3 is 5.97 Å². The average Bonchev–Trinajstić information content (AvgIpc) is 2.70. The van der Waals surface area contributed by atoms with Gasteiger partial charge in [-0.3, -0.25) is 0 Å². The van der Waals surface area contributed by atoms with E-state index in [4.69, 9.17) is 0 Å². The van der Waals surface area contributed by atoms with Crippen LogP contribution in [0.4, 0.5) is 4.39 Å². The summed E-state index contributed by atoms with van der Waals surface area (Å²) in [6.07, 6.45) is 1.72. The fraction of sp³-hybridized carbons (Fsp3) is 0.286. The molecule has 0 aliphatic heterocycles. The zero-order valence-electron chi connectivity index (χ0n) is 11.1. The van der Waals surface area contributed by atoms with Crippen LogP contribution in [0.1, 0.15) is 27.3 Å². The van der Waals surface area contributed by atoms with Crippen molar-refractivity contribution < 1.29 is 13.9 Å². The molecule has 0 unspecified atom stereocenters. The minimum Gasteiger partial charge on any atom is -0.465 e. The van der Waals surface area contributed by atoms with E-state index < -0.39 is 11.8 Å². The number of esters is 1. The molecular formula is C14H15FN2O2. The molecule has 0 saturated carbocycles. The van der Waals surface area contributed by atoms with Crippen LogP contribution < -0.4 is 0 Å². The average molecular weight is 262 g/mol. The minimum absolute atomic E-state index is 0.0511. The summed E-state index contributed by atoms with van der Waals surface area (Å²) in [6, 6.07) is 4.50. The Labute approximate surface area is 110 Å². The largest absolute Gasteiger partial charge is 0.465 e. The number of hydrogen-bond acceptors (Lipinski definition) is 3. The highest BCUT2D eigenvalue weighted by Gasteiger charge is 2.12. The number of benzene rings is 1. The van der Waals surface area contributed by atoms with Crippen LogP contribution in [-0.2, 0) is 11.3 Å². The molecule has 0 spiro atoms. The molecule has 0 bridgehead atoms. The molecule has 2 aromatic rings. The first kappa shape index (κ1) is 13.3. The van der Waals surface area contributed by atoms with Crippen LogP contribution in [0.25, 0.3) is 0 Å². The van der Waals surface area contributed by atoms with Gasteiger partial charge in [-0.15, -0.1) is 0 Å². The van der Waals surface area contributed by atoms with Gasteiger partial charge in [0, 0.05) is 12.2 Å². The molecule has 1 heterocycles. The van der Waals surface area contributed by atoms with Crippen LogP contribution in [0.15, 0.2) is 24.5 Å². The molecule has 5 heteroatoms. The van der Waals surface area contributed by atoms with Gasteiger partial charge in [-0.05, 0) is 31.5 Å². The number of methoxy groups -OCH3 is 1. The number of aromatic nitrogens is 2. The number of carbonyl (C=O) groups is 1. The third-order valence-corrected chi connectivity index (χ3v) is 3.14. The highest BCUT2D eigenvalue weighted by molar-refractivity contribution is 5.89. The van der Waals surface area contributed by atoms with Crippen LogP contribution in [0.3, 0.4) is 0 Å². The Balaban J connectivity index is 2.25. The highest BCUT2D eigenvalue weighted by atomic mass is 19.1. The van der Waals surface area contributed by atoms with E-state index in [0.717, 1.165) is 17.0 Å². The summed E-state index contributed by atoms with van der Waals surface area (Å²) in [5.41, 5.74) is 2.71. The second-order valence-electron chi connectivity index (χ2n) is 4.35. The summed E-state index contributed by atoms with van der Waals surface area (Å²) >= 11 is 0. The number of halogens is 1. The van der Waals surface area contributed by atoms with Crippen molar-refractivity contribution in [3.05, 3.63) is 52.9 Å². The third-order valence-electron chi connectivity index (χ3n) is 3.14. The van der Waals surface area contributed by atoms with E-state index in [1.54, 1.807) is 12.4 Å². The number of ether oxygens (including phenoxy) is 1. The van der Waals surface area contributed by atoms with Crippen LogP contribution in [0, 0.1) is 19.7 Å². The van der Waals surface area contributed by atoms with Crippen LogP contribution in [0.2, 0.25) is 0 Å². The van der Waals surface area contributed by atoms with Crippen molar-refractivity contribution in [1.82, 2.24) is 9.55 Å². The maximum atomic E-state index is 13.8. The number of carbonyl (C=O) groups excluding carboxylic acids is 1. The predicted octanol–water partition coefficient (Wildman–Crippen LogP) is 2.47. The van der Waals surface area contributed by atoms with Gasteiger partial charge in [0.25, 0.3) is 0 Å². The van der Waals surface area contributed by atoms with Crippen molar-refractivity contribution in [2.45, 2.75) is 20.4 Å². The fourth-order valence-corrected chi connectivity index (χ4v) is 1.83. The molecule has 0 saturated heterocycles. The number of rotatable bonds is 3. The van der Waals surface area contributed by atoms with Crippen molar-refractivity contribution in [3.8, 4) is 0 Å². The molecule has 0 aliphatic carbocycles. The Morgan fingerprint density at radius 3 is 2.68 bits per heavy atom. The second-order valence-corrected chi connectivity index (χ2v) is 4.35. The van der Waals surface area contributed by atoms with Crippen molar-refractivity contribution >= 4 is 5.97 Å². The lowest BCUT2D eigenvalue weighted by molar-refractivity contribution is 0.0595. The van der Waals surface area contributed by atoms with Crippen molar-refractivity contribution in [1.29, 1.82) is 0 Å². The third kappa shape index (κ3) is 2.65. The normalized spacial score (nSPS) is 10.5. The maximum Gasteiger partial charge on any atom is 0.340 e. The lowest BCUT2D eigenvalue weighted by Crippen LogP contribution is -2.06. The second kappa shape index (κ2) is 5.22. The van der Waals surface area contributed by atoms with Gasteiger partial charge in [0.05, 0.1) is 24.7 Å². The van der Waals surface area contributed by atoms with Gasteiger partial charge in [-0.1, -0.05) is 6.07 Å². The molecule has 19 heavy (non-hydrogen) atoms. The summed E-state index contributed by atoms with van der Waals surface area (Å²) in [5.74, 6) is -1.24. The Morgan fingerprint density at radius 2 is 2.16 bits per heavy atom. The molecule has 1 aromatic carbocycles. The SMILES string of the molecule is COC(=O)c1ccc(Cn2cnc(C)c2C)cc1F. The van der Waals surface area contributed by atoms with E-state index >= 15 is 0 Å². The van der Waals surface area contributed by atoms with Crippen LogP contribution >= 0.6 is 0 Å². The molecule has 4 nitrogen and oxygen atoms in total. The van der Waals surface area contributed by atoms with E-state index in [1.165, 1.54) is 19.2 Å². The zero-order valence-corrected chi connectivity index (χ0v) is 11.1. The van der Waals surface area contributed by atoms with E-state index in [9.17, 15) is 9.18 Å². The molecule has 1 aromatic heterocycles. The molecule has 0 N–H and O–H groups in total. The summed E-state index contributed by atoms with van der Waals surface area (Å²) in [6.45, 7) is 4.40. The van der Waals surface area contributed by atoms with Gasteiger partial charge in [-0.2, -0.15) is 0 Å². The van der Waals surface area contributed by atoms with Crippen molar-refractivity contribution in [3.63, 3.8) is 0 Å². The molecule has 0 radical (unpaired) electrons. The molecule has 0 fully saturated rings. The van der Waals surface area contributed by atoms with Gasteiger partial charge in [-0.25, -0.2) is 14.2 Å². The molecule has 0 aliphatic rings. The van der Waals surface area contributed by atoms with Crippen molar-refractivity contribution in [2.75, 3.05) is 7.11 Å². The Morgan fingerprint density at radius 1 is 1.42 bits per heavy atom. The van der Waals surface area contributed by atoms with Gasteiger partial charge < -0.3 is 9.30 Å². The van der Waals surface area contributed by atoms with E-state index in [0.29, 0.717) is 6.54 Å². The maximum absolute atomic E-state index is 13.8. The lowest BCUT2D eigenvalue weighted by atomic mass is 10.1. The van der Waals surface area contributed by atoms with E-state index in [1.807, 2.05) is 18.4 Å². The standard InChI is InChI=1S/C14H15FN2O2/c1-9-10(2)17(8-16-9)7-11-4-5-12(13(15)6-11)14(18)19-3/h4-6,8H,7H2,1-3H3. The molecule has 0 atom stereocenters. The first-order valence-corrected chi connectivity index (χ1v) is 5.88. The molecule has 100 valence electrons. The Hall–Kier alpha value is -2.17. The first-order chi connectivity index (χ1) is 9.02. The lowest BCUT2D eigenvalue weighted by Gasteiger charge is -2.07. The number of nitrogens with zero attached hydrogens (tertiary/aromatic N) is 2. The quantitative estimate of drug-likeness (QED) is 0.798. The first-order valence-electron chi connectivity index (χ1n) is 5.88. The summed E-state index contributed by atoms with van der Waals surface area (Å²) in [5, 5.41) is 0. The predicted molar refractivity (Wildman–Crippen MR) is 68.5 cm³/mol. The topological polar surface area (TPSA) is 44.1 Å². The number of imidazole rings is 1. The van der Waals surface area contributed by atoms with Crippen LogP contribution in [0.5, 0.6) is 0 Å². The van der Waals surface area contributed by atoms with Gasteiger partial charge in [0.1, 0.15) is 5.82 Å². The van der Waals surface area contributed by atoms with E-state index in [-0.39, 0.29) is 5.56 Å². The fourth-order valence-electron chi connectivity index (χ4n) is 1.83. The summed E-state index contributed by atoms with van der Waals surface area (Å²) < 4.78 is 20.2. The molecule has 0 amide bonds. The number of hydrogen-bond donors (Lipinski definition) is 0. The minimum atomic E-state index is -0.668. The Bertz CT molecular complexity index is 620. The number of aryl methyl sites for hydroxylation is 1.